The fourth-order valence-corrected chi connectivity index (χ4v) is 16.3. The van der Waals surface area contributed by atoms with Crippen LogP contribution in [0, 0.1) is 17.2 Å². The van der Waals surface area contributed by atoms with Crippen LogP contribution < -0.4 is 0 Å². The van der Waals surface area contributed by atoms with Crippen molar-refractivity contribution in [2.75, 3.05) is 0 Å². The van der Waals surface area contributed by atoms with Crippen LogP contribution in [0.4, 0.5) is 0 Å². The molecule has 7 nitrogen and oxygen atoms in total. The highest BCUT2D eigenvalue weighted by molar-refractivity contribution is 6.14. The zero-order valence-electron chi connectivity index (χ0n) is 51.0. The van der Waals surface area contributed by atoms with E-state index in [1.165, 1.54) is 82.2 Å². The molecule has 438 valence electrons. The summed E-state index contributed by atoms with van der Waals surface area (Å²) in [7, 11) is 0. The van der Waals surface area contributed by atoms with Crippen molar-refractivity contribution in [3.05, 3.63) is 325 Å². The van der Waals surface area contributed by atoms with Crippen molar-refractivity contribution in [2.45, 2.75) is 18.8 Å². The van der Waals surface area contributed by atoms with Gasteiger partial charge in [0.15, 0.2) is 5.82 Å². The van der Waals surface area contributed by atoms with Gasteiger partial charge in [-0.2, -0.15) is 5.26 Å². The van der Waals surface area contributed by atoms with E-state index in [1.807, 2.05) is 18.2 Å². The molecule has 0 radical (unpaired) electrons. The Morgan fingerprint density at radius 3 is 1.61 bits per heavy atom. The number of aromatic nitrogens is 6. The van der Waals surface area contributed by atoms with Gasteiger partial charge in [0.25, 0.3) is 0 Å². The van der Waals surface area contributed by atoms with Crippen LogP contribution in [0.25, 0.3) is 156 Å². The Morgan fingerprint density at radius 1 is 0.394 bits per heavy atom. The van der Waals surface area contributed by atoms with E-state index in [2.05, 4.69) is 303 Å². The Bertz CT molecular complexity index is 6180. The number of hydrogen-bond donors (Lipinski definition) is 0. The molecule has 4 aliphatic carbocycles. The number of benzene rings is 11. The maximum Gasteiger partial charge on any atom is 0.160 e. The van der Waals surface area contributed by atoms with E-state index in [0.29, 0.717) is 11.4 Å². The lowest BCUT2D eigenvalue weighted by Crippen LogP contribution is -2.12. The predicted octanol–water partition coefficient (Wildman–Crippen LogP) is 21.4. The summed E-state index contributed by atoms with van der Waals surface area (Å²) in [6.07, 6.45) is 20.0. The first-order valence-corrected chi connectivity index (χ1v) is 32.5. The highest BCUT2D eigenvalue weighted by atomic mass is 15.0. The molecule has 0 saturated carbocycles. The minimum atomic E-state index is 0.0106. The molecule has 5 heterocycles. The topological polar surface area (TPSA) is 69.3 Å². The number of nitrogens with zero attached hydrogens (tertiary/aromatic N) is 7. The third-order valence-electron chi connectivity index (χ3n) is 20.4. The SMILES string of the molecule is N#Cc1cccc(-c2nc(-c3cc(-n4c5c(c6ccc(-c7ccc8c(c7)c7ccccc7n8-c7ccccc7)cc64)CCC=C5)cc(-n4c5ccccc5c5ccc(-c6ccc7c(c6)c6ccccc6n7-c6ccccc6)cc54)c3)nc3c2C2=CC=CC4=CC=CC3C42)c1. The van der Waals surface area contributed by atoms with Gasteiger partial charge in [0, 0.05) is 94.7 Å². The van der Waals surface area contributed by atoms with Crippen LogP contribution in [0.5, 0.6) is 0 Å². The van der Waals surface area contributed by atoms with Gasteiger partial charge in [0.1, 0.15) is 0 Å². The van der Waals surface area contributed by atoms with Gasteiger partial charge in [-0.1, -0.05) is 182 Å². The molecule has 2 unspecified atom stereocenters. The van der Waals surface area contributed by atoms with Crippen molar-refractivity contribution < 1.29 is 0 Å². The summed E-state index contributed by atoms with van der Waals surface area (Å²) < 4.78 is 9.74. The highest BCUT2D eigenvalue weighted by Crippen LogP contribution is 2.55. The molecule has 20 rings (SSSR count). The van der Waals surface area contributed by atoms with E-state index in [4.69, 9.17) is 9.97 Å². The average molecular weight is 1200 g/mol. The second-order valence-electron chi connectivity index (χ2n) is 25.4. The Labute approximate surface area is 541 Å². The van der Waals surface area contributed by atoms with Gasteiger partial charge in [-0.3, -0.25) is 0 Å². The van der Waals surface area contributed by atoms with Gasteiger partial charge in [-0.25, -0.2) is 9.97 Å². The van der Waals surface area contributed by atoms with Crippen LogP contribution in [-0.2, 0) is 6.42 Å². The summed E-state index contributed by atoms with van der Waals surface area (Å²) in [5.74, 6) is 0.757. The summed E-state index contributed by atoms with van der Waals surface area (Å²) in [4.78, 5) is 11.6. The fraction of sp³-hybridized carbons (Fsp3) is 0.0460. The molecule has 5 aromatic heterocycles. The standard InChI is InChI=1S/C87H55N7/c88-52-53-18-15-21-59(44-53)85-84-71-30-16-19-54-20-17-31-72(83(54)71)86(84)90-87(89-85)60-45-63(93-75-32-11-7-26-65(75)69-40-36-57(49-81(69)93)55-38-42-79-73(47-55)67-28-9-13-34-77(67)91(79)61-22-3-1-4-23-61)51-64(46-60)94-76-33-12-8-27-66(76)70-41-37-58(50-82(70)94)56-39-43-80-74(48-56)68-29-10-14-35-78(68)92(80)62-24-5-2-6-25-62/h1-7,9-26,28-51,72,83H,8,27H2. The zero-order valence-corrected chi connectivity index (χ0v) is 51.0. The number of para-hydroxylation sites is 5. The van der Waals surface area contributed by atoms with E-state index in [-0.39, 0.29) is 11.8 Å². The largest absolute Gasteiger partial charge is 0.309 e. The second-order valence-corrected chi connectivity index (χ2v) is 25.4. The van der Waals surface area contributed by atoms with Gasteiger partial charge in [-0.15, -0.1) is 0 Å². The third kappa shape index (κ3) is 7.78. The molecule has 0 amide bonds. The molecule has 0 spiro atoms. The van der Waals surface area contributed by atoms with Gasteiger partial charge in [-0.05, 0) is 167 Å². The smallest absolute Gasteiger partial charge is 0.160 e. The molecule has 11 aromatic carbocycles. The van der Waals surface area contributed by atoms with Crippen LogP contribution in [-0.4, -0.2) is 28.2 Å². The summed E-state index contributed by atoms with van der Waals surface area (Å²) in [5, 5.41) is 18.8. The summed E-state index contributed by atoms with van der Waals surface area (Å²) in [6, 6.07) is 93.2. The number of hydrogen-bond acceptors (Lipinski definition) is 3. The van der Waals surface area contributed by atoms with Crippen molar-refractivity contribution in [1.82, 2.24) is 28.2 Å². The molecule has 2 atom stereocenters. The molecule has 0 saturated heterocycles. The average Bonchev–Trinajstić information content (AvgIpc) is 1.60. The van der Waals surface area contributed by atoms with Crippen molar-refractivity contribution in [2.24, 2.45) is 5.92 Å². The van der Waals surface area contributed by atoms with Gasteiger partial charge >= 0.3 is 0 Å². The van der Waals surface area contributed by atoms with Crippen molar-refractivity contribution in [3.63, 3.8) is 0 Å². The number of rotatable bonds is 8. The molecule has 0 fully saturated rings. The first-order chi connectivity index (χ1) is 46.6. The molecular formula is C87H55N7. The normalized spacial score (nSPS) is 15.4. The number of allylic oxidation sites excluding steroid dienone is 9. The molecule has 94 heavy (non-hydrogen) atoms. The first kappa shape index (κ1) is 52.4. The molecule has 0 aliphatic heterocycles. The van der Waals surface area contributed by atoms with E-state index >= 15 is 0 Å². The van der Waals surface area contributed by atoms with Crippen LogP contribution >= 0.6 is 0 Å². The lowest BCUT2D eigenvalue weighted by atomic mass is 9.79. The summed E-state index contributed by atoms with van der Waals surface area (Å²) in [6.45, 7) is 0. The maximum absolute atomic E-state index is 10.4. The summed E-state index contributed by atoms with van der Waals surface area (Å²) >= 11 is 0. The first-order valence-electron chi connectivity index (χ1n) is 32.5. The lowest BCUT2D eigenvalue weighted by Gasteiger charge is -2.24. The summed E-state index contributed by atoms with van der Waals surface area (Å²) in [5.41, 5.74) is 27.1. The molecule has 0 bridgehead atoms. The van der Waals surface area contributed by atoms with Gasteiger partial charge in [0.05, 0.1) is 61.6 Å². The fourth-order valence-electron chi connectivity index (χ4n) is 16.3. The van der Waals surface area contributed by atoms with Crippen LogP contribution in [0.1, 0.15) is 40.4 Å². The van der Waals surface area contributed by atoms with Crippen molar-refractivity contribution >= 4 is 88.0 Å². The van der Waals surface area contributed by atoms with E-state index in [9.17, 15) is 5.26 Å². The lowest BCUT2D eigenvalue weighted by molar-refractivity contribution is 0.704. The van der Waals surface area contributed by atoms with Crippen LogP contribution in [0.2, 0.25) is 0 Å². The minimum absolute atomic E-state index is 0.0106. The Morgan fingerprint density at radius 2 is 0.947 bits per heavy atom. The van der Waals surface area contributed by atoms with E-state index < -0.39 is 0 Å². The van der Waals surface area contributed by atoms with Crippen LogP contribution in [0.15, 0.2) is 297 Å². The highest BCUT2D eigenvalue weighted by Gasteiger charge is 2.42. The van der Waals surface area contributed by atoms with Crippen molar-refractivity contribution in [1.29, 1.82) is 5.26 Å². The Hall–Kier alpha value is -12.4. The van der Waals surface area contributed by atoms with Crippen LogP contribution in [0.3, 0.4) is 0 Å². The second kappa shape index (κ2) is 20.3. The number of aryl methyl sites for hydroxylation is 1. The number of nitriles is 1. The zero-order chi connectivity index (χ0) is 61.7. The molecule has 4 aliphatic rings. The van der Waals surface area contributed by atoms with Gasteiger partial charge < -0.3 is 18.3 Å². The molecular weight excluding hydrogens is 1140 g/mol. The van der Waals surface area contributed by atoms with Crippen molar-refractivity contribution in [3.8, 4) is 73.7 Å². The monoisotopic (exact) mass is 1200 g/mol. The Balaban J connectivity index is 0.834. The van der Waals surface area contributed by atoms with E-state index in [1.54, 1.807) is 0 Å². The molecule has 7 heteroatoms. The minimum Gasteiger partial charge on any atom is -0.309 e. The van der Waals surface area contributed by atoms with Gasteiger partial charge in [0.2, 0.25) is 0 Å². The third-order valence-corrected chi connectivity index (χ3v) is 20.4. The predicted molar refractivity (Wildman–Crippen MR) is 386 cm³/mol. The number of fused-ring (bicyclic) bond motifs is 15. The molecule has 16 aromatic rings. The quantitative estimate of drug-likeness (QED) is 0.152. The Kier molecular flexibility index (Phi) is 11.3. The van der Waals surface area contributed by atoms with E-state index in [0.717, 1.165) is 102 Å². The maximum atomic E-state index is 10.4. The molecule has 0 N–H and O–H groups in total.